The smallest absolute Gasteiger partial charge is 0.0112 e. The Morgan fingerprint density at radius 1 is 1.27 bits per heavy atom. The second-order valence-corrected chi connectivity index (χ2v) is 6.18. The Bertz CT molecular complexity index is 162. The lowest BCUT2D eigenvalue weighted by Gasteiger charge is -2.37. The fourth-order valence-electron chi connectivity index (χ4n) is 1.88. The van der Waals surface area contributed by atoms with E-state index in [2.05, 4.69) is 59.2 Å². The van der Waals surface area contributed by atoms with Crippen LogP contribution in [-0.4, -0.2) is 30.3 Å². The summed E-state index contributed by atoms with van der Waals surface area (Å²) in [5.41, 5.74) is 0.363. The van der Waals surface area contributed by atoms with Gasteiger partial charge in [-0.2, -0.15) is 12.6 Å². The van der Waals surface area contributed by atoms with Crippen molar-refractivity contribution in [2.75, 3.05) is 19.3 Å². The number of hydrogen-bond acceptors (Lipinski definition) is 2. The second-order valence-electron chi connectivity index (χ2n) is 5.82. The molecule has 0 aliphatic heterocycles. The lowest BCUT2D eigenvalue weighted by atomic mass is 9.86. The fourth-order valence-corrected chi connectivity index (χ4v) is 2.17. The molecule has 0 bridgehead atoms. The van der Waals surface area contributed by atoms with Crippen LogP contribution >= 0.6 is 12.6 Å². The standard InChI is InChI=1S/C13H29NS/c1-7-8-12(10-15)9-14(6)11(2)13(3,4)5/h11-12,15H,7-10H2,1-6H3. The van der Waals surface area contributed by atoms with Crippen LogP contribution < -0.4 is 0 Å². The molecule has 0 aromatic rings. The molecule has 0 radical (unpaired) electrons. The number of nitrogens with zero attached hydrogens (tertiary/aromatic N) is 1. The topological polar surface area (TPSA) is 3.24 Å². The van der Waals surface area contributed by atoms with Gasteiger partial charge >= 0.3 is 0 Å². The molecule has 0 heterocycles. The van der Waals surface area contributed by atoms with E-state index in [9.17, 15) is 0 Å². The third-order valence-corrected chi connectivity index (χ3v) is 3.93. The van der Waals surface area contributed by atoms with Crippen molar-refractivity contribution >= 4 is 12.6 Å². The normalized spacial score (nSPS) is 16.8. The van der Waals surface area contributed by atoms with Crippen molar-refractivity contribution in [2.24, 2.45) is 11.3 Å². The van der Waals surface area contributed by atoms with Gasteiger partial charge in [-0.3, -0.25) is 0 Å². The van der Waals surface area contributed by atoms with Gasteiger partial charge < -0.3 is 4.90 Å². The summed E-state index contributed by atoms with van der Waals surface area (Å²) in [6.45, 7) is 12.7. The van der Waals surface area contributed by atoms with E-state index < -0.39 is 0 Å². The minimum Gasteiger partial charge on any atom is -0.303 e. The molecule has 2 unspecified atom stereocenters. The van der Waals surface area contributed by atoms with Crippen LogP contribution in [0.5, 0.6) is 0 Å². The molecule has 0 amide bonds. The molecule has 2 atom stereocenters. The van der Waals surface area contributed by atoms with Gasteiger partial charge in [0.2, 0.25) is 0 Å². The largest absolute Gasteiger partial charge is 0.303 e. The van der Waals surface area contributed by atoms with Gasteiger partial charge in [-0.05, 0) is 37.5 Å². The van der Waals surface area contributed by atoms with Gasteiger partial charge in [-0.1, -0.05) is 34.1 Å². The molecule has 0 spiro atoms. The van der Waals surface area contributed by atoms with Crippen LogP contribution in [-0.2, 0) is 0 Å². The van der Waals surface area contributed by atoms with Gasteiger partial charge in [0.25, 0.3) is 0 Å². The molecule has 0 aromatic heterocycles. The Labute approximate surface area is 102 Å². The lowest BCUT2D eigenvalue weighted by Crippen LogP contribution is -2.42. The molecule has 2 heteroatoms. The highest BCUT2D eigenvalue weighted by molar-refractivity contribution is 7.80. The van der Waals surface area contributed by atoms with Gasteiger partial charge in [-0.25, -0.2) is 0 Å². The van der Waals surface area contributed by atoms with Crippen molar-refractivity contribution in [1.29, 1.82) is 0 Å². The first-order chi connectivity index (χ1) is 6.82. The minimum atomic E-state index is 0.363. The van der Waals surface area contributed by atoms with Crippen molar-refractivity contribution in [3.8, 4) is 0 Å². The highest BCUT2D eigenvalue weighted by Gasteiger charge is 2.24. The van der Waals surface area contributed by atoms with Crippen molar-refractivity contribution in [3.63, 3.8) is 0 Å². The first-order valence-corrected chi connectivity index (χ1v) is 6.77. The zero-order valence-electron chi connectivity index (χ0n) is 11.4. The second kappa shape index (κ2) is 6.80. The first kappa shape index (κ1) is 15.3. The molecule has 0 rings (SSSR count). The Balaban J connectivity index is 4.15. The van der Waals surface area contributed by atoms with Gasteiger partial charge in [0.15, 0.2) is 0 Å². The number of hydrogen-bond donors (Lipinski definition) is 1. The molecule has 0 fully saturated rings. The minimum absolute atomic E-state index is 0.363. The van der Waals surface area contributed by atoms with E-state index >= 15 is 0 Å². The quantitative estimate of drug-likeness (QED) is 0.682. The molecule has 15 heavy (non-hydrogen) atoms. The summed E-state index contributed by atoms with van der Waals surface area (Å²) < 4.78 is 0. The first-order valence-electron chi connectivity index (χ1n) is 6.14. The molecule has 0 saturated carbocycles. The highest BCUT2D eigenvalue weighted by atomic mass is 32.1. The molecule has 0 aliphatic rings. The molecule has 0 N–H and O–H groups in total. The predicted octanol–water partition coefficient (Wildman–Crippen LogP) is 3.70. The van der Waals surface area contributed by atoms with Gasteiger partial charge in [0.1, 0.15) is 0 Å². The van der Waals surface area contributed by atoms with Crippen LogP contribution in [0.25, 0.3) is 0 Å². The molecule has 0 saturated heterocycles. The molecule has 0 aliphatic carbocycles. The summed E-state index contributed by atoms with van der Waals surface area (Å²) in [6, 6.07) is 0.622. The maximum Gasteiger partial charge on any atom is 0.0112 e. The maximum atomic E-state index is 4.44. The summed E-state index contributed by atoms with van der Waals surface area (Å²) in [5.74, 6) is 1.75. The van der Waals surface area contributed by atoms with E-state index in [0.29, 0.717) is 11.5 Å². The third-order valence-electron chi connectivity index (χ3n) is 3.42. The average molecular weight is 231 g/mol. The van der Waals surface area contributed by atoms with Crippen molar-refractivity contribution in [2.45, 2.75) is 53.5 Å². The maximum absolute atomic E-state index is 4.44. The monoisotopic (exact) mass is 231 g/mol. The lowest BCUT2D eigenvalue weighted by molar-refractivity contribution is 0.124. The highest BCUT2D eigenvalue weighted by Crippen LogP contribution is 2.24. The molecule has 0 aromatic carbocycles. The van der Waals surface area contributed by atoms with E-state index in [0.717, 1.165) is 11.7 Å². The Kier molecular flexibility index (Phi) is 6.94. The zero-order chi connectivity index (χ0) is 12.1. The van der Waals surface area contributed by atoms with E-state index in [1.165, 1.54) is 19.4 Å². The van der Waals surface area contributed by atoms with Gasteiger partial charge in [-0.15, -0.1) is 0 Å². The molecular formula is C13H29NS. The summed E-state index contributed by atoms with van der Waals surface area (Å²) in [4.78, 5) is 2.48. The third kappa shape index (κ3) is 5.82. The fraction of sp³-hybridized carbons (Fsp3) is 1.00. The van der Waals surface area contributed by atoms with Crippen LogP contribution in [0.4, 0.5) is 0 Å². The van der Waals surface area contributed by atoms with Crippen molar-refractivity contribution in [3.05, 3.63) is 0 Å². The van der Waals surface area contributed by atoms with Crippen LogP contribution in [0.3, 0.4) is 0 Å². The molecular weight excluding hydrogens is 202 g/mol. The number of thiol groups is 1. The summed E-state index contributed by atoms with van der Waals surface area (Å²) >= 11 is 4.44. The average Bonchev–Trinajstić information content (AvgIpc) is 2.14. The van der Waals surface area contributed by atoms with Crippen LogP contribution in [0.2, 0.25) is 0 Å². The van der Waals surface area contributed by atoms with Crippen molar-refractivity contribution in [1.82, 2.24) is 4.90 Å². The van der Waals surface area contributed by atoms with Crippen molar-refractivity contribution < 1.29 is 0 Å². The van der Waals surface area contributed by atoms with E-state index in [-0.39, 0.29) is 0 Å². The Morgan fingerprint density at radius 2 is 1.80 bits per heavy atom. The molecule has 92 valence electrons. The SMILES string of the molecule is CCCC(CS)CN(C)C(C)C(C)(C)C. The van der Waals surface area contributed by atoms with Crippen LogP contribution in [0, 0.1) is 11.3 Å². The number of rotatable bonds is 6. The summed E-state index contributed by atoms with van der Waals surface area (Å²) in [5, 5.41) is 0. The Hall–Kier alpha value is 0.310. The predicted molar refractivity (Wildman–Crippen MR) is 73.8 cm³/mol. The molecule has 1 nitrogen and oxygen atoms in total. The van der Waals surface area contributed by atoms with E-state index in [4.69, 9.17) is 0 Å². The van der Waals surface area contributed by atoms with Gasteiger partial charge in [0.05, 0.1) is 0 Å². The van der Waals surface area contributed by atoms with Crippen LogP contribution in [0.1, 0.15) is 47.5 Å². The Morgan fingerprint density at radius 3 is 2.13 bits per heavy atom. The zero-order valence-corrected chi connectivity index (χ0v) is 12.3. The van der Waals surface area contributed by atoms with Crippen LogP contribution in [0.15, 0.2) is 0 Å². The van der Waals surface area contributed by atoms with E-state index in [1.807, 2.05) is 0 Å². The van der Waals surface area contributed by atoms with Gasteiger partial charge in [0, 0.05) is 12.6 Å². The van der Waals surface area contributed by atoms with E-state index in [1.54, 1.807) is 0 Å². The summed E-state index contributed by atoms with van der Waals surface area (Å²) in [7, 11) is 2.24. The summed E-state index contributed by atoms with van der Waals surface area (Å²) in [6.07, 6.45) is 2.56.